The fraction of sp³-hybridized carbons (Fsp3) is 0.548. The van der Waals surface area contributed by atoms with Gasteiger partial charge in [0.25, 0.3) is 5.91 Å². The van der Waals surface area contributed by atoms with E-state index in [2.05, 4.69) is 67.3 Å². The molecule has 0 spiro atoms. The summed E-state index contributed by atoms with van der Waals surface area (Å²) >= 11 is 1.49. The molecule has 2 saturated heterocycles. The number of fused-ring (bicyclic) bond motifs is 6. The van der Waals surface area contributed by atoms with Crippen LogP contribution in [0.15, 0.2) is 41.9 Å². The van der Waals surface area contributed by atoms with Crippen molar-refractivity contribution in [3.63, 3.8) is 0 Å². The van der Waals surface area contributed by atoms with Crippen LogP contribution < -0.4 is 10.7 Å². The number of pyridine rings is 1. The van der Waals surface area contributed by atoms with Crippen LogP contribution in [0.5, 0.6) is 0 Å². The molecule has 6 atom stereocenters. The molecule has 2 N–H and O–H groups in total. The topological polar surface area (TPSA) is 137 Å². The molecule has 12 nitrogen and oxygen atoms in total. The normalized spacial score (nSPS) is 26.2. The summed E-state index contributed by atoms with van der Waals surface area (Å²) in [6.45, 7) is 13.2. The highest BCUT2D eigenvalue weighted by molar-refractivity contribution is 7.10. The molecule has 4 aromatic rings. The largest absolute Gasteiger partial charge is 0.464 e. The molecule has 3 aromatic heterocycles. The summed E-state index contributed by atoms with van der Waals surface area (Å²) in [5, 5.41) is 8.45. The summed E-state index contributed by atoms with van der Waals surface area (Å²) in [5.74, 6) is -0.00338. The number of carbonyl (C=O) groups is 3. The number of rotatable bonds is 7. The zero-order valence-corrected chi connectivity index (χ0v) is 33.4. The van der Waals surface area contributed by atoms with Gasteiger partial charge >= 0.3 is 5.97 Å². The molecule has 0 radical (unpaired) electrons. The molecule has 4 aliphatic rings. The van der Waals surface area contributed by atoms with Gasteiger partial charge in [-0.3, -0.25) is 24.4 Å². The third-order valence-electron chi connectivity index (χ3n) is 12.1. The molecule has 6 heterocycles. The van der Waals surface area contributed by atoms with Gasteiger partial charge in [-0.2, -0.15) is 0 Å². The SMILES string of the molecule is CO[C@@H](C)c1ncccc1-c1c2c3cc(ccc3n1CC1COC1)-c1csc(n1)C[C@H](NC(=O)C1[C@@H](C)[C@H]1C)C(=O)N1CCC[C@H](N1)C(=O)OCC(C)(C)C2. The summed E-state index contributed by atoms with van der Waals surface area (Å²) in [7, 11) is 1.71. The van der Waals surface area contributed by atoms with Gasteiger partial charge in [-0.15, -0.1) is 11.3 Å². The lowest BCUT2D eigenvalue weighted by atomic mass is 9.84. The molecular weight excluding hydrogens is 717 g/mol. The van der Waals surface area contributed by atoms with Crippen molar-refractivity contribution in [1.82, 2.24) is 30.3 Å². The van der Waals surface area contributed by atoms with Crippen molar-refractivity contribution in [1.29, 1.82) is 0 Å². The first-order chi connectivity index (χ1) is 26.4. The van der Waals surface area contributed by atoms with E-state index in [4.69, 9.17) is 24.2 Å². The fourth-order valence-corrected chi connectivity index (χ4v) is 9.33. The van der Waals surface area contributed by atoms with Crippen molar-refractivity contribution in [3.05, 3.63) is 58.2 Å². The van der Waals surface area contributed by atoms with Gasteiger partial charge in [0.2, 0.25) is 5.91 Å². The standard InChI is InChI=1S/C42H52N6O6S/c1-23-24(2)36(23)39(49)45-32-16-35-44-33(21-55-35)27-11-12-34-29(15-27)30(17-42(4,5)22-54-41(51)31-10-8-14-48(46-31)40(32)50)38(47(34)18-26-19-53-20-26)28-9-7-13-43-37(28)25(3)52-6/h7,9,11-13,15,21,23-26,31-32,36,46H,8,10,14,16-20,22H2,1-6H3,(H,45,49)/t23-,24+,25-,31-,32-,36?/m0/s1. The number of methoxy groups -OCH3 is 1. The number of thiazole rings is 1. The van der Waals surface area contributed by atoms with Gasteiger partial charge in [0.1, 0.15) is 12.1 Å². The quantitative estimate of drug-likeness (QED) is 0.226. The highest BCUT2D eigenvalue weighted by atomic mass is 32.1. The second-order valence-electron chi connectivity index (χ2n) is 16.8. The van der Waals surface area contributed by atoms with Crippen LogP contribution in [0.4, 0.5) is 0 Å². The first-order valence-corrected chi connectivity index (χ1v) is 20.5. The first-order valence-electron chi connectivity index (χ1n) is 19.6. The summed E-state index contributed by atoms with van der Waals surface area (Å²) in [6, 6.07) is 9.11. The van der Waals surface area contributed by atoms with E-state index in [1.54, 1.807) is 7.11 Å². The van der Waals surface area contributed by atoms with Crippen LogP contribution in [0.1, 0.15) is 69.8 Å². The van der Waals surface area contributed by atoms with Crippen LogP contribution in [0.3, 0.4) is 0 Å². The average Bonchev–Trinajstić information content (AvgIpc) is 3.44. The number of nitrogens with one attached hydrogen (secondary N) is 2. The monoisotopic (exact) mass is 768 g/mol. The Balaban J connectivity index is 1.26. The molecule has 55 heavy (non-hydrogen) atoms. The Kier molecular flexibility index (Phi) is 10.3. The van der Waals surface area contributed by atoms with Crippen LogP contribution in [-0.4, -0.2) is 82.9 Å². The lowest BCUT2D eigenvalue weighted by Crippen LogP contribution is -2.60. The van der Waals surface area contributed by atoms with Crippen LogP contribution in [-0.2, 0) is 48.0 Å². The number of hydrogen-bond donors (Lipinski definition) is 2. The highest BCUT2D eigenvalue weighted by Gasteiger charge is 2.49. The predicted molar refractivity (Wildman–Crippen MR) is 210 cm³/mol. The van der Waals surface area contributed by atoms with Gasteiger partial charge < -0.3 is 24.1 Å². The van der Waals surface area contributed by atoms with Gasteiger partial charge in [-0.1, -0.05) is 33.8 Å². The number of benzene rings is 1. The third-order valence-corrected chi connectivity index (χ3v) is 13.0. The second kappa shape index (κ2) is 15.1. The Labute approximate surface area is 326 Å². The van der Waals surface area contributed by atoms with Crippen LogP contribution in [0.2, 0.25) is 0 Å². The smallest absolute Gasteiger partial charge is 0.324 e. The number of amides is 2. The first kappa shape index (κ1) is 37.7. The average molecular weight is 769 g/mol. The Morgan fingerprint density at radius 2 is 1.98 bits per heavy atom. The second-order valence-corrected chi connectivity index (χ2v) is 17.7. The van der Waals surface area contributed by atoms with Gasteiger partial charge in [0, 0.05) is 77.5 Å². The number of carbonyl (C=O) groups excluding carboxylic acids is 3. The number of cyclic esters (lactones) is 1. The minimum Gasteiger partial charge on any atom is -0.464 e. The molecule has 1 aliphatic carbocycles. The van der Waals surface area contributed by atoms with E-state index in [-0.39, 0.29) is 48.7 Å². The van der Waals surface area contributed by atoms with Crippen molar-refractivity contribution < 1.29 is 28.6 Å². The van der Waals surface area contributed by atoms with Crippen LogP contribution in [0, 0.1) is 29.1 Å². The zero-order valence-electron chi connectivity index (χ0n) is 32.6. The summed E-state index contributed by atoms with van der Waals surface area (Å²) in [6.07, 6.45) is 3.60. The van der Waals surface area contributed by atoms with Gasteiger partial charge in [0.05, 0.1) is 48.0 Å². The fourth-order valence-electron chi connectivity index (χ4n) is 8.48. The number of ether oxygens (including phenoxy) is 3. The number of nitrogens with zero attached hydrogens (tertiary/aromatic N) is 4. The maximum atomic E-state index is 14.2. The Morgan fingerprint density at radius 3 is 2.71 bits per heavy atom. The van der Waals surface area contributed by atoms with Gasteiger partial charge in [-0.25, -0.2) is 10.4 Å². The molecule has 6 bridgehead atoms. The minimum atomic E-state index is -0.837. The van der Waals surface area contributed by atoms with E-state index in [1.807, 2.05) is 24.6 Å². The summed E-state index contributed by atoms with van der Waals surface area (Å²) in [4.78, 5) is 51.2. The van der Waals surface area contributed by atoms with Crippen LogP contribution in [0.25, 0.3) is 33.4 Å². The van der Waals surface area contributed by atoms with E-state index in [1.165, 1.54) is 16.3 Å². The molecule has 292 valence electrons. The molecule has 1 aromatic carbocycles. The van der Waals surface area contributed by atoms with Crippen molar-refractivity contribution in [2.75, 3.05) is 33.5 Å². The minimum absolute atomic E-state index is 0.115. The molecule has 8 rings (SSSR count). The van der Waals surface area contributed by atoms with Crippen LogP contribution >= 0.6 is 11.3 Å². The number of esters is 1. The van der Waals surface area contributed by atoms with Gasteiger partial charge in [-0.05, 0) is 67.9 Å². The highest BCUT2D eigenvalue weighted by Crippen LogP contribution is 2.46. The van der Waals surface area contributed by atoms with E-state index in [9.17, 15) is 14.4 Å². The van der Waals surface area contributed by atoms with E-state index in [0.29, 0.717) is 44.9 Å². The number of hydrazine groups is 1. The summed E-state index contributed by atoms with van der Waals surface area (Å²) in [5.41, 5.74) is 9.67. The number of aromatic nitrogens is 3. The maximum Gasteiger partial charge on any atom is 0.324 e. The Bertz CT molecular complexity index is 2100. The van der Waals surface area contributed by atoms with E-state index < -0.39 is 23.5 Å². The Hall–Kier alpha value is -4.17. The molecule has 3 aliphatic heterocycles. The molecular formula is C42H52N6O6S. The maximum absolute atomic E-state index is 14.2. The van der Waals surface area contributed by atoms with E-state index in [0.717, 1.165) is 56.2 Å². The molecule has 1 unspecified atom stereocenters. The van der Waals surface area contributed by atoms with Crippen molar-refractivity contribution in [3.8, 4) is 22.5 Å². The lowest BCUT2D eigenvalue weighted by Gasteiger charge is -2.35. The number of hydrogen-bond acceptors (Lipinski definition) is 10. The molecule has 3 fully saturated rings. The Morgan fingerprint density at radius 1 is 1.18 bits per heavy atom. The van der Waals surface area contributed by atoms with Crippen molar-refractivity contribution in [2.45, 2.75) is 85.0 Å². The van der Waals surface area contributed by atoms with E-state index >= 15 is 0 Å². The van der Waals surface area contributed by atoms with Gasteiger partial charge in [0.15, 0.2) is 0 Å². The van der Waals surface area contributed by atoms with Crippen molar-refractivity contribution >= 4 is 40.0 Å². The molecule has 13 heteroatoms. The molecule has 1 saturated carbocycles. The van der Waals surface area contributed by atoms with Crippen molar-refractivity contribution in [2.24, 2.45) is 29.1 Å². The lowest BCUT2D eigenvalue weighted by molar-refractivity contribution is -0.155. The summed E-state index contributed by atoms with van der Waals surface area (Å²) < 4.78 is 20.0. The molecule has 2 amide bonds. The predicted octanol–water partition coefficient (Wildman–Crippen LogP) is 5.73. The third kappa shape index (κ3) is 7.43. The zero-order chi connectivity index (χ0) is 38.6.